The van der Waals surface area contributed by atoms with E-state index in [0.717, 1.165) is 30.8 Å². The summed E-state index contributed by atoms with van der Waals surface area (Å²) in [5.41, 5.74) is 0.900. The monoisotopic (exact) mass is 496 g/mol. The summed E-state index contributed by atoms with van der Waals surface area (Å²) >= 11 is 6.04. The van der Waals surface area contributed by atoms with E-state index in [1.54, 1.807) is 12.1 Å². The predicted molar refractivity (Wildman–Crippen MR) is 128 cm³/mol. The van der Waals surface area contributed by atoms with Gasteiger partial charge in [-0.25, -0.2) is 0 Å². The highest BCUT2D eigenvalue weighted by atomic mass is 35.5. The maximum Gasteiger partial charge on any atom is 0.416 e. The lowest BCUT2D eigenvalue weighted by Crippen LogP contribution is -2.50. The number of hydrogen-bond donors (Lipinski definition) is 0. The van der Waals surface area contributed by atoms with Gasteiger partial charge in [-0.15, -0.1) is 0 Å². The van der Waals surface area contributed by atoms with Crippen LogP contribution in [0.25, 0.3) is 0 Å². The molecule has 8 heteroatoms. The van der Waals surface area contributed by atoms with E-state index in [0.29, 0.717) is 36.6 Å². The van der Waals surface area contributed by atoms with Crippen molar-refractivity contribution in [2.75, 3.05) is 32.7 Å². The third-order valence-electron chi connectivity index (χ3n) is 5.80. The van der Waals surface area contributed by atoms with E-state index in [4.69, 9.17) is 16.3 Å². The number of halogens is 4. The number of rotatable bonds is 7. The van der Waals surface area contributed by atoms with Crippen LogP contribution in [0.2, 0.25) is 5.02 Å². The summed E-state index contributed by atoms with van der Waals surface area (Å²) in [5, 5.41) is 0.621. The Morgan fingerprint density at radius 3 is 2.09 bits per heavy atom. The SMILES string of the molecule is CC(C)(C)CC(=O)N1CCN(CC(OCc2ccc(C(F)(F)F)cc2)c2ccc(Cl)cc2)CC1. The van der Waals surface area contributed by atoms with Crippen molar-refractivity contribution in [2.24, 2.45) is 5.41 Å². The van der Waals surface area contributed by atoms with Gasteiger partial charge in [0.2, 0.25) is 5.91 Å². The molecule has 2 aromatic rings. The Morgan fingerprint density at radius 2 is 1.56 bits per heavy atom. The first-order valence-corrected chi connectivity index (χ1v) is 11.8. The number of carbonyl (C=O) groups excluding carboxylic acids is 1. The Labute approximate surface area is 204 Å². The van der Waals surface area contributed by atoms with Crippen molar-refractivity contribution in [1.29, 1.82) is 0 Å². The van der Waals surface area contributed by atoms with Gasteiger partial charge in [-0.05, 0) is 40.8 Å². The molecule has 3 rings (SSSR count). The van der Waals surface area contributed by atoms with Gasteiger partial charge in [0.25, 0.3) is 0 Å². The number of nitrogens with zero attached hydrogens (tertiary/aromatic N) is 2. The molecule has 34 heavy (non-hydrogen) atoms. The summed E-state index contributed by atoms with van der Waals surface area (Å²) in [4.78, 5) is 16.7. The molecule has 1 aliphatic heterocycles. The van der Waals surface area contributed by atoms with Crippen LogP contribution in [-0.2, 0) is 22.3 Å². The van der Waals surface area contributed by atoms with Gasteiger partial charge in [-0.2, -0.15) is 13.2 Å². The molecule has 1 atom stereocenters. The Hall–Kier alpha value is -2.09. The van der Waals surface area contributed by atoms with E-state index in [1.165, 1.54) is 12.1 Å². The highest BCUT2D eigenvalue weighted by molar-refractivity contribution is 6.30. The molecule has 1 amide bonds. The number of ether oxygens (including phenoxy) is 1. The van der Waals surface area contributed by atoms with Crippen LogP contribution in [0.1, 0.15) is 50.0 Å². The first-order valence-electron chi connectivity index (χ1n) is 11.4. The van der Waals surface area contributed by atoms with Crippen molar-refractivity contribution in [2.45, 2.75) is 46.1 Å². The molecule has 1 aliphatic rings. The van der Waals surface area contributed by atoms with Gasteiger partial charge in [-0.3, -0.25) is 9.69 Å². The van der Waals surface area contributed by atoms with E-state index >= 15 is 0 Å². The summed E-state index contributed by atoms with van der Waals surface area (Å²) in [6, 6.07) is 12.4. The Morgan fingerprint density at radius 1 is 0.971 bits per heavy atom. The molecule has 4 nitrogen and oxygen atoms in total. The molecular weight excluding hydrogens is 465 g/mol. The van der Waals surface area contributed by atoms with Crippen molar-refractivity contribution in [3.8, 4) is 0 Å². The molecule has 1 saturated heterocycles. The molecule has 1 fully saturated rings. The molecule has 0 saturated carbocycles. The zero-order chi connectivity index (χ0) is 24.9. The fourth-order valence-electron chi connectivity index (χ4n) is 3.90. The van der Waals surface area contributed by atoms with E-state index in [1.807, 2.05) is 17.0 Å². The summed E-state index contributed by atoms with van der Waals surface area (Å²) in [7, 11) is 0. The standard InChI is InChI=1S/C26H32ClF3N2O2/c1-25(2,3)16-24(33)32-14-12-31(13-15-32)17-23(20-6-10-22(27)11-7-20)34-18-19-4-8-21(9-5-19)26(28,29)30/h4-11,23H,12-18H2,1-3H3. The van der Waals surface area contributed by atoms with E-state index in [2.05, 4.69) is 25.7 Å². The second-order valence-electron chi connectivity index (χ2n) is 9.96. The number of piperazine rings is 1. The molecule has 0 radical (unpaired) electrons. The lowest BCUT2D eigenvalue weighted by Gasteiger charge is -2.37. The summed E-state index contributed by atoms with van der Waals surface area (Å²) < 4.78 is 44.7. The minimum atomic E-state index is -4.36. The predicted octanol–water partition coefficient (Wildman–Crippen LogP) is 6.20. The fourth-order valence-corrected chi connectivity index (χ4v) is 4.02. The average molecular weight is 497 g/mol. The molecule has 0 aromatic heterocycles. The van der Waals surface area contributed by atoms with Crippen LogP contribution in [-0.4, -0.2) is 48.4 Å². The lowest BCUT2D eigenvalue weighted by molar-refractivity contribution is -0.137. The molecule has 0 aliphatic carbocycles. The van der Waals surface area contributed by atoms with Crippen LogP contribution in [0.5, 0.6) is 0 Å². The van der Waals surface area contributed by atoms with Gasteiger partial charge < -0.3 is 9.64 Å². The van der Waals surface area contributed by atoms with Crippen molar-refractivity contribution >= 4 is 17.5 Å². The van der Waals surface area contributed by atoms with Crippen molar-refractivity contribution in [3.05, 3.63) is 70.2 Å². The van der Waals surface area contributed by atoms with Gasteiger partial charge >= 0.3 is 6.18 Å². The Kier molecular flexibility index (Phi) is 8.66. The van der Waals surface area contributed by atoms with Gasteiger partial charge in [0.1, 0.15) is 0 Å². The zero-order valence-corrected chi connectivity index (χ0v) is 20.6. The second kappa shape index (κ2) is 11.1. The number of hydrogen-bond acceptors (Lipinski definition) is 3. The number of carbonyl (C=O) groups is 1. The zero-order valence-electron chi connectivity index (χ0n) is 19.9. The smallest absolute Gasteiger partial charge is 0.368 e. The van der Waals surface area contributed by atoms with Crippen molar-refractivity contribution in [1.82, 2.24) is 9.80 Å². The average Bonchev–Trinajstić information content (AvgIpc) is 2.76. The first kappa shape index (κ1) is 26.5. The van der Waals surface area contributed by atoms with E-state index in [9.17, 15) is 18.0 Å². The molecular formula is C26H32ClF3N2O2. The minimum absolute atomic E-state index is 0.0416. The van der Waals surface area contributed by atoms with Crippen LogP contribution < -0.4 is 0 Å². The quantitative estimate of drug-likeness (QED) is 0.457. The van der Waals surface area contributed by atoms with Crippen molar-refractivity contribution in [3.63, 3.8) is 0 Å². The molecule has 2 aromatic carbocycles. The molecule has 0 N–H and O–H groups in total. The van der Waals surface area contributed by atoms with Crippen LogP contribution in [0.4, 0.5) is 13.2 Å². The summed E-state index contributed by atoms with van der Waals surface area (Å²) in [5.74, 6) is 0.181. The topological polar surface area (TPSA) is 32.8 Å². The van der Waals surface area contributed by atoms with Gasteiger partial charge in [0, 0.05) is 44.2 Å². The minimum Gasteiger partial charge on any atom is -0.368 e. The van der Waals surface area contributed by atoms with Gasteiger partial charge in [0.05, 0.1) is 18.3 Å². The third-order valence-corrected chi connectivity index (χ3v) is 6.06. The van der Waals surface area contributed by atoms with Crippen LogP contribution in [0.3, 0.4) is 0 Å². The normalized spacial score (nSPS) is 16.5. The molecule has 0 bridgehead atoms. The Bertz CT molecular complexity index is 933. The van der Waals surface area contributed by atoms with Gasteiger partial charge in [-0.1, -0.05) is 56.6 Å². The fraction of sp³-hybridized carbons (Fsp3) is 0.500. The van der Waals surface area contributed by atoms with Crippen LogP contribution >= 0.6 is 11.6 Å². The molecule has 1 unspecified atom stereocenters. The summed E-state index contributed by atoms with van der Waals surface area (Å²) in [6.45, 7) is 9.80. The molecule has 186 valence electrons. The molecule has 0 spiro atoms. The largest absolute Gasteiger partial charge is 0.416 e. The highest BCUT2D eigenvalue weighted by Crippen LogP contribution is 2.30. The Balaban J connectivity index is 1.62. The number of amides is 1. The number of benzene rings is 2. The highest BCUT2D eigenvalue weighted by Gasteiger charge is 2.30. The van der Waals surface area contributed by atoms with Gasteiger partial charge in [0.15, 0.2) is 0 Å². The maximum absolute atomic E-state index is 12.8. The lowest BCUT2D eigenvalue weighted by atomic mass is 9.91. The van der Waals surface area contributed by atoms with Crippen LogP contribution in [0.15, 0.2) is 48.5 Å². The second-order valence-corrected chi connectivity index (χ2v) is 10.4. The third kappa shape index (κ3) is 8.00. The summed E-state index contributed by atoms with van der Waals surface area (Å²) in [6.07, 6.45) is -4.12. The number of alkyl halides is 3. The maximum atomic E-state index is 12.8. The van der Waals surface area contributed by atoms with Crippen LogP contribution in [0, 0.1) is 5.41 Å². The van der Waals surface area contributed by atoms with E-state index < -0.39 is 11.7 Å². The van der Waals surface area contributed by atoms with Crippen molar-refractivity contribution < 1.29 is 22.7 Å². The molecule has 1 heterocycles. The van der Waals surface area contributed by atoms with E-state index in [-0.39, 0.29) is 24.0 Å². The first-order chi connectivity index (χ1) is 15.9.